The van der Waals surface area contributed by atoms with E-state index in [0.717, 1.165) is 38.2 Å². The van der Waals surface area contributed by atoms with Gasteiger partial charge in [-0.25, -0.2) is 0 Å². The molecule has 0 saturated carbocycles. The summed E-state index contributed by atoms with van der Waals surface area (Å²) in [5, 5.41) is 8.54. The van der Waals surface area contributed by atoms with E-state index in [1.807, 2.05) is 42.3 Å². The first-order chi connectivity index (χ1) is 11.2. The molecule has 0 aliphatic carbocycles. The van der Waals surface area contributed by atoms with Gasteiger partial charge in [-0.15, -0.1) is 5.10 Å². The summed E-state index contributed by atoms with van der Waals surface area (Å²) in [6.07, 6.45) is 3.58. The van der Waals surface area contributed by atoms with E-state index < -0.39 is 0 Å². The van der Waals surface area contributed by atoms with E-state index >= 15 is 0 Å². The monoisotopic (exact) mass is 313 g/mol. The molecule has 0 radical (unpaired) electrons. The lowest BCUT2D eigenvalue weighted by molar-refractivity contribution is 0.0640. The fourth-order valence-electron chi connectivity index (χ4n) is 3.02. The molecule has 1 amide bonds. The lowest BCUT2D eigenvalue weighted by atomic mass is 10.0. The van der Waals surface area contributed by atoms with Crippen LogP contribution in [0.25, 0.3) is 5.69 Å². The number of hydrogen-bond acceptors (Lipinski definition) is 4. The molecule has 122 valence electrons. The van der Waals surface area contributed by atoms with Crippen molar-refractivity contribution in [1.82, 2.24) is 24.8 Å². The summed E-state index contributed by atoms with van der Waals surface area (Å²) in [5.74, 6) is -0.0536. The third-order valence-corrected chi connectivity index (χ3v) is 4.57. The Kier molecular flexibility index (Phi) is 4.71. The fourth-order valence-corrected chi connectivity index (χ4v) is 3.02. The zero-order valence-electron chi connectivity index (χ0n) is 13.7. The molecule has 3 rings (SSSR count). The number of amides is 1. The van der Waals surface area contributed by atoms with Crippen molar-refractivity contribution in [3.63, 3.8) is 0 Å². The van der Waals surface area contributed by atoms with Crippen LogP contribution in [0.5, 0.6) is 0 Å². The van der Waals surface area contributed by atoms with Crippen LogP contribution >= 0.6 is 0 Å². The van der Waals surface area contributed by atoms with Crippen molar-refractivity contribution in [3.05, 3.63) is 42.2 Å². The second-order valence-electron chi connectivity index (χ2n) is 5.94. The Labute approximate surface area is 136 Å². The highest BCUT2D eigenvalue weighted by atomic mass is 16.2. The zero-order valence-corrected chi connectivity index (χ0v) is 13.7. The van der Waals surface area contributed by atoms with Gasteiger partial charge in [0.2, 0.25) is 0 Å². The van der Waals surface area contributed by atoms with E-state index in [2.05, 4.69) is 22.0 Å². The predicted octanol–water partition coefficient (Wildman–Crippen LogP) is 1.82. The first kappa shape index (κ1) is 15.7. The third kappa shape index (κ3) is 3.42. The Hall–Kier alpha value is -2.21. The van der Waals surface area contributed by atoms with Crippen LogP contribution in [-0.4, -0.2) is 63.4 Å². The Morgan fingerprint density at radius 3 is 2.61 bits per heavy atom. The number of benzene rings is 1. The molecule has 6 heteroatoms. The molecule has 1 aliphatic heterocycles. The number of para-hydroxylation sites is 1. The summed E-state index contributed by atoms with van der Waals surface area (Å²) in [7, 11) is 1.87. The molecule has 1 aromatic carbocycles. The Morgan fingerprint density at radius 2 is 1.96 bits per heavy atom. The van der Waals surface area contributed by atoms with Gasteiger partial charge in [0, 0.05) is 26.2 Å². The lowest BCUT2D eigenvalue weighted by Crippen LogP contribution is -2.45. The number of likely N-dealkylation sites (tertiary alicyclic amines) is 1. The molecule has 1 fully saturated rings. The smallest absolute Gasteiger partial charge is 0.276 e. The molecule has 1 aromatic heterocycles. The molecular formula is C17H23N5O. The van der Waals surface area contributed by atoms with Crippen molar-refractivity contribution >= 4 is 5.91 Å². The van der Waals surface area contributed by atoms with Gasteiger partial charge in [0.25, 0.3) is 5.91 Å². The van der Waals surface area contributed by atoms with Gasteiger partial charge in [-0.05, 0) is 31.5 Å². The first-order valence-electron chi connectivity index (χ1n) is 8.16. The molecule has 23 heavy (non-hydrogen) atoms. The quantitative estimate of drug-likeness (QED) is 0.864. The average Bonchev–Trinajstić information content (AvgIpc) is 3.11. The molecule has 1 saturated heterocycles. The maximum atomic E-state index is 12.6. The summed E-state index contributed by atoms with van der Waals surface area (Å²) in [4.78, 5) is 18.4. The average molecular weight is 313 g/mol. The molecule has 0 N–H and O–H groups in total. The van der Waals surface area contributed by atoms with Crippen molar-refractivity contribution in [3.8, 4) is 5.69 Å². The Balaban J connectivity index is 1.67. The number of nitrogens with zero attached hydrogens (tertiary/aromatic N) is 5. The van der Waals surface area contributed by atoms with Gasteiger partial charge >= 0.3 is 0 Å². The van der Waals surface area contributed by atoms with Gasteiger partial charge in [-0.3, -0.25) is 4.79 Å². The standard InChI is InChI=1S/C17H23N5O/c1-3-21-11-9-14(10-12-21)20(2)17(23)16-13-18-22(19-16)15-7-5-4-6-8-15/h4-8,13-14H,3,9-12H2,1-2H3. The van der Waals surface area contributed by atoms with Crippen LogP contribution < -0.4 is 0 Å². The number of carbonyl (C=O) groups excluding carboxylic acids is 1. The van der Waals surface area contributed by atoms with Gasteiger partial charge in [0.15, 0.2) is 5.69 Å². The molecule has 0 bridgehead atoms. The highest BCUT2D eigenvalue weighted by Crippen LogP contribution is 2.17. The molecule has 1 aliphatic rings. The van der Waals surface area contributed by atoms with E-state index in [-0.39, 0.29) is 11.9 Å². The number of carbonyl (C=O) groups is 1. The molecule has 6 nitrogen and oxygen atoms in total. The van der Waals surface area contributed by atoms with Crippen molar-refractivity contribution < 1.29 is 4.79 Å². The molecule has 2 aromatic rings. The minimum absolute atomic E-state index is 0.0536. The maximum absolute atomic E-state index is 12.6. The molecule has 0 unspecified atom stereocenters. The van der Waals surface area contributed by atoms with Crippen LogP contribution in [-0.2, 0) is 0 Å². The van der Waals surface area contributed by atoms with E-state index in [1.165, 1.54) is 4.80 Å². The van der Waals surface area contributed by atoms with Gasteiger partial charge < -0.3 is 9.80 Å². The molecule has 0 atom stereocenters. The number of piperidine rings is 1. The maximum Gasteiger partial charge on any atom is 0.276 e. The normalized spacial score (nSPS) is 16.4. The lowest BCUT2D eigenvalue weighted by Gasteiger charge is -2.35. The van der Waals surface area contributed by atoms with Crippen molar-refractivity contribution in [2.24, 2.45) is 0 Å². The number of rotatable bonds is 4. The van der Waals surface area contributed by atoms with Gasteiger partial charge in [0.05, 0.1) is 11.9 Å². The minimum atomic E-state index is -0.0536. The summed E-state index contributed by atoms with van der Waals surface area (Å²) in [6, 6.07) is 9.90. The Morgan fingerprint density at radius 1 is 1.26 bits per heavy atom. The summed E-state index contributed by atoms with van der Waals surface area (Å²) < 4.78 is 0. The Bertz CT molecular complexity index is 646. The molecular weight excluding hydrogens is 290 g/mol. The second kappa shape index (κ2) is 6.91. The predicted molar refractivity (Wildman–Crippen MR) is 88.6 cm³/mol. The van der Waals surface area contributed by atoms with Crippen LogP contribution in [0, 0.1) is 0 Å². The van der Waals surface area contributed by atoms with Crippen LogP contribution in [0.3, 0.4) is 0 Å². The van der Waals surface area contributed by atoms with Gasteiger partial charge in [-0.1, -0.05) is 25.1 Å². The van der Waals surface area contributed by atoms with Gasteiger partial charge in [0.1, 0.15) is 0 Å². The minimum Gasteiger partial charge on any atom is -0.337 e. The van der Waals surface area contributed by atoms with Gasteiger partial charge in [-0.2, -0.15) is 9.90 Å². The van der Waals surface area contributed by atoms with Crippen molar-refractivity contribution in [2.75, 3.05) is 26.7 Å². The van der Waals surface area contributed by atoms with Crippen molar-refractivity contribution in [1.29, 1.82) is 0 Å². The van der Waals surface area contributed by atoms with E-state index in [0.29, 0.717) is 5.69 Å². The summed E-state index contributed by atoms with van der Waals surface area (Å²) in [5.41, 5.74) is 1.25. The third-order valence-electron chi connectivity index (χ3n) is 4.57. The highest BCUT2D eigenvalue weighted by molar-refractivity contribution is 5.92. The van der Waals surface area contributed by atoms with Crippen LogP contribution in [0.4, 0.5) is 0 Å². The SMILES string of the molecule is CCN1CCC(N(C)C(=O)c2cnn(-c3ccccc3)n2)CC1. The highest BCUT2D eigenvalue weighted by Gasteiger charge is 2.26. The topological polar surface area (TPSA) is 54.3 Å². The molecule has 2 heterocycles. The number of hydrogen-bond donors (Lipinski definition) is 0. The van der Waals surface area contributed by atoms with Crippen LogP contribution in [0.1, 0.15) is 30.3 Å². The van der Waals surface area contributed by atoms with Crippen molar-refractivity contribution in [2.45, 2.75) is 25.8 Å². The van der Waals surface area contributed by atoms with Crippen LogP contribution in [0.15, 0.2) is 36.5 Å². The van der Waals surface area contributed by atoms with E-state index in [1.54, 1.807) is 6.20 Å². The largest absolute Gasteiger partial charge is 0.337 e. The molecule has 0 spiro atoms. The fraction of sp³-hybridized carbons (Fsp3) is 0.471. The van der Waals surface area contributed by atoms with E-state index in [4.69, 9.17) is 0 Å². The van der Waals surface area contributed by atoms with E-state index in [9.17, 15) is 4.79 Å². The zero-order chi connectivity index (χ0) is 16.2. The summed E-state index contributed by atoms with van der Waals surface area (Å²) in [6.45, 7) is 5.36. The second-order valence-corrected chi connectivity index (χ2v) is 5.94. The number of aromatic nitrogens is 3. The summed E-state index contributed by atoms with van der Waals surface area (Å²) >= 11 is 0. The first-order valence-corrected chi connectivity index (χ1v) is 8.16. The van der Waals surface area contributed by atoms with Crippen LogP contribution in [0.2, 0.25) is 0 Å².